The predicted octanol–water partition coefficient (Wildman–Crippen LogP) is 5.57. The first-order valence-electron chi connectivity index (χ1n) is 9.98. The SMILES string of the molecule is Nc1cccc(C(=O)Nc2cccc(C(=O)Nc3ccc(Oc4ccccc4)cc3)c2)c1. The average Bonchev–Trinajstić information content (AvgIpc) is 2.81. The van der Waals surface area contributed by atoms with E-state index in [2.05, 4.69) is 10.6 Å². The summed E-state index contributed by atoms with van der Waals surface area (Å²) in [5, 5.41) is 5.63. The molecule has 0 radical (unpaired) electrons. The van der Waals surface area contributed by atoms with Crippen LogP contribution in [0, 0.1) is 0 Å². The van der Waals surface area contributed by atoms with Crippen molar-refractivity contribution in [1.82, 2.24) is 0 Å². The maximum atomic E-state index is 12.7. The lowest BCUT2D eigenvalue weighted by Gasteiger charge is -2.10. The monoisotopic (exact) mass is 423 g/mol. The highest BCUT2D eigenvalue weighted by atomic mass is 16.5. The first-order chi connectivity index (χ1) is 15.6. The minimum absolute atomic E-state index is 0.290. The molecular weight excluding hydrogens is 402 g/mol. The molecule has 0 aliphatic carbocycles. The van der Waals surface area contributed by atoms with E-state index in [4.69, 9.17) is 10.5 Å². The van der Waals surface area contributed by atoms with Crippen LogP contribution < -0.4 is 21.1 Å². The molecule has 0 aliphatic heterocycles. The van der Waals surface area contributed by atoms with Crippen molar-refractivity contribution in [3.05, 3.63) is 114 Å². The Kier molecular flexibility index (Phi) is 6.13. The quantitative estimate of drug-likeness (QED) is 0.354. The van der Waals surface area contributed by atoms with Crippen LogP contribution in [0.4, 0.5) is 17.1 Å². The van der Waals surface area contributed by atoms with Crippen LogP contribution in [0.15, 0.2) is 103 Å². The molecule has 0 fully saturated rings. The molecule has 0 saturated carbocycles. The van der Waals surface area contributed by atoms with E-state index in [1.54, 1.807) is 72.8 Å². The summed E-state index contributed by atoms with van der Waals surface area (Å²) in [7, 11) is 0. The lowest BCUT2D eigenvalue weighted by Crippen LogP contribution is -2.14. The van der Waals surface area contributed by atoms with E-state index in [1.165, 1.54) is 0 Å². The standard InChI is InChI=1S/C26H21N3O3/c27-20-8-4-6-18(16-20)25(30)29-22-9-5-7-19(17-22)26(31)28-21-12-14-24(15-13-21)32-23-10-2-1-3-11-23/h1-17H,27H2,(H,28,31)(H,29,30). The molecule has 0 unspecified atom stereocenters. The van der Waals surface area contributed by atoms with Crippen LogP contribution in [0.25, 0.3) is 0 Å². The first kappa shape index (κ1) is 20.7. The molecule has 0 bridgehead atoms. The lowest BCUT2D eigenvalue weighted by atomic mass is 10.1. The number of amides is 2. The number of anilines is 3. The average molecular weight is 423 g/mol. The molecule has 4 rings (SSSR count). The highest BCUT2D eigenvalue weighted by molar-refractivity contribution is 6.07. The van der Waals surface area contributed by atoms with Gasteiger partial charge in [-0.15, -0.1) is 0 Å². The number of benzene rings is 4. The first-order valence-corrected chi connectivity index (χ1v) is 9.98. The third-order valence-corrected chi connectivity index (χ3v) is 4.62. The summed E-state index contributed by atoms with van der Waals surface area (Å²) in [6, 6.07) is 30.0. The van der Waals surface area contributed by atoms with Crippen molar-refractivity contribution < 1.29 is 14.3 Å². The van der Waals surface area contributed by atoms with Crippen LogP contribution in [0.1, 0.15) is 20.7 Å². The lowest BCUT2D eigenvalue weighted by molar-refractivity contribution is 0.101. The number of para-hydroxylation sites is 1. The topological polar surface area (TPSA) is 93.5 Å². The van der Waals surface area contributed by atoms with Crippen molar-refractivity contribution in [3.8, 4) is 11.5 Å². The van der Waals surface area contributed by atoms with Gasteiger partial charge in [-0.1, -0.05) is 30.3 Å². The van der Waals surface area contributed by atoms with Gasteiger partial charge in [0.25, 0.3) is 11.8 Å². The molecule has 6 heteroatoms. The van der Waals surface area contributed by atoms with Crippen molar-refractivity contribution in [1.29, 1.82) is 0 Å². The van der Waals surface area contributed by atoms with E-state index >= 15 is 0 Å². The third kappa shape index (κ3) is 5.31. The number of hydrogen-bond donors (Lipinski definition) is 3. The summed E-state index contributed by atoms with van der Waals surface area (Å²) >= 11 is 0. The molecule has 0 saturated heterocycles. The molecule has 4 aromatic rings. The second-order valence-corrected chi connectivity index (χ2v) is 7.05. The zero-order valence-electron chi connectivity index (χ0n) is 17.1. The van der Waals surface area contributed by atoms with Crippen molar-refractivity contribution >= 4 is 28.9 Å². The fourth-order valence-electron chi connectivity index (χ4n) is 3.06. The minimum atomic E-state index is -0.302. The van der Waals surface area contributed by atoms with Crippen LogP contribution in [0.2, 0.25) is 0 Å². The number of ether oxygens (including phenoxy) is 1. The number of nitrogens with two attached hydrogens (primary N) is 1. The van der Waals surface area contributed by atoms with Gasteiger partial charge in [-0.3, -0.25) is 9.59 Å². The Hall–Kier alpha value is -4.58. The zero-order valence-corrected chi connectivity index (χ0v) is 17.1. The van der Waals surface area contributed by atoms with Gasteiger partial charge in [0.2, 0.25) is 0 Å². The third-order valence-electron chi connectivity index (χ3n) is 4.62. The van der Waals surface area contributed by atoms with Gasteiger partial charge in [-0.25, -0.2) is 0 Å². The van der Waals surface area contributed by atoms with Crippen LogP contribution in [0.5, 0.6) is 11.5 Å². The maximum absolute atomic E-state index is 12.7. The summed E-state index contributed by atoms with van der Waals surface area (Å²) in [4.78, 5) is 25.1. The second-order valence-electron chi connectivity index (χ2n) is 7.05. The molecule has 4 N–H and O–H groups in total. The number of carbonyl (C=O) groups is 2. The Labute approximate surface area is 185 Å². The van der Waals surface area contributed by atoms with Gasteiger partial charge in [-0.05, 0) is 72.8 Å². The predicted molar refractivity (Wildman–Crippen MR) is 126 cm³/mol. The number of nitrogens with one attached hydrogen (secondary N) is 2. The van der Waals surface area contributed by atoms with E-state index in [0.29, 0.717) is 33.9 Å². The van der Waals surface area contributed by atoms with Crippen molar-refractivity contribution in [2.75, 3.05) is 16.4 Å². The van der Waals surface area contributed by atoms with Gasteiger partial charge in [-0.2, -0.15) is 0 Å². The molecule has 0 aliphatic rings. The summed E-state index contributed by atoms with van der Waals surface area (Å²) in [5.74, 6) is 0.812. The molecule has 2 amide bonds. The molecule has 6 nitrogen and oxygen atoms in total. The molecule has 158 valence electrons. The molecule has 0 heterocycles. The smallest absolute Gasteiger partial charge is 0.255 e. The van der Waals surface area contributed by atoms with E-state index in [-0.39, 0.29) is 11.8 Å². The van der Waals surface area contributed by atoms with Crippen LogP contribution in [0.3, 0.4) is 0 Å². The van der Waals surface area contributed by atoms with Crippen LogP contribution >= 0.6 is 0 Å². The minimum Gasteiger partial charge on any atom is -0.457 e. The Morgan fingerprint density at radius 1 is 0.594 bits per heavy atom. The fourth-order valence-corrected chi connectivity index (χ4v) is 3.06. The molecule has 32 heavy (non-hydrogen) atoms. The summed E-state index contributed by atoms with van der Waals surface area (Å²) in [6.45, 7) is 0. The van der Waals surface area contributed by atoms with E-state index < -0.39 is 0 Å². The van der Waals surface area contributed by atoms with Gasteiger partial charge in [0, 0.05) is 28.2 Å². The van der Waals surface area contributed by atoms with Gasteiger partial charge >= 0.3 is 0 Å². The second kappa shape index (κ2) is 9.49. The molecular formula is C26H21N3O3. The summed E-state index contributed by atoms with van der Waals surface area (Å²) < 4.78 is 5.76. The summed E-state index contributed by atoms with van der Waals surface area (Å²) in [6.07, 6.45) is 0. The zero-order chi connectivity index (χ0) is 22.3. The normalized spacial score (nSPS) is 10.2. The largest absolute Gasteiger partial charge is 0.457 e. The van der Waals surface area contributed by atoms with Crippen molar-refractivity contribution in [2.24, 2.45) is 0 Å². The molecule has 0 spiro atoms. The Bertz CT molecular complexity index is 1240. The highest BCUT2D eigenvalue weighted by Gasteiger charge is 2.10. The molecule has 4 aromatic carbocycles. The van der Waals surface area contributed by atoms with Gasteiger partial charge in [0.1, 0.15) is 11.5 Å². The maximum Gasteiger partial charge on any atom is 0.255 e. The number of nitrogen functional groups attached to an aromatic ring is 1. The van der Waals surface area contributed by atoms with E-state index in [0.717, 1.165) is 5.75 Å². The van der Waals surface area contributed by atoms with Gasteiger partial charge in [0.15, 0.2) is 0 Å². The number of carbonyl (C=O) groups excluding carboxylic acids is 2. The molecule has 0 atom stereocenters. The van der Waals surface area contributed by atoms with Gasteiger partial charge < -0.3 is 21.1 Å². The van der Waals surface area contributed by atoms with Crippen LogP contribution in [-0.4, -0.2) is 11.8 Å². The number of hydrogen-bond acceptors (Lipinski definition) is 4. The van der Waals surface area contributed by atoms with E-state index in [9.17, 15) is 9.59 Å². The Balaban J connectivity index is 1.40. The number of rotatable bonds is 6. The van der Waals surface area contributed by atoms with E-state index in [1.807, 2.05) is 30.3 Å². The molecule has 0 aromatic heterocycles. The van der Waals surface area contributed by atoms with Crippen molar-refractivity contribution in [3.63, 3.8) is 0 Å². The van der Waals surface area contributed by atoms with Crippen LogP contribution in [-0.2, 0) is 0 Å². The van der Waals surface area contributed by atoms with Crippen molar-refractivity contribution in [2.45, 2.75) is 0 Å². The van der Waals surface area contributed by atoms with Gasteiger partial charge in [0.05, 0.1) is 0 Å². The Morgan fingerprint density at radius 3 is 1.88 bits per heavy atom. The fraction of sp³-hybridized carbons (Fsp3) is 0. The Morgan fingerprint density at radius 2 is 1.19 bits per heavy atom. The summed E-state index contributed by atoms with van der Waals surface area (Å²) in [5.41, 5.74) is 8.24. The highest BCUT2D eigenvalue weighted by Crippen LogP contribution is 2.23.